The van der Waals surface area contributed by atoms with Crippen LogP contribution in [0.1, 0.15) is 25.6 Å². The van der Waals surface area contributed by atoms with E-state index in [9.17, 15) is 9.59 Å². The summed E-state index contributed by atoms with van der Waals surface area (Å²) in [5.41, 5.74) is -0.656. The van der Waals surface area contributed by atoms with Crippen LogP contribution in [-0.4, -0.2) is 28.8 Å². The first-order valence-electron chi connectivity index (χ1n) is 5.63. The Hall–Kier alpha value is -1.08. The monoisotopic (exact) mass is 349 g/mol. The lowest BCUT2D eigenvalue weighted by molar-refractivity contribution is -0.139. The van der Waals surface area contributed by atoms with E-state index in [4.69, 9.17) is 9.84 Å². The molecule has 0 saturated heterocycles. The summed E-state index contributed by atoms with van der Waals surface area (Å²) >= 11 is 4.77. The minimum absolute atomic E-state index is 0.215. The molecule has 1 unspecified atom stereocenters. The molecular formula is C12H16BrNO4S. The number of carboxylic acids is 1. The summed E-state index contributed by atoms with van der Waals surface area (Å²) in [7, 11) is 0. The summed E-state index contributed by atoms with van der Waals surface area (Å²) in [6.07, 6.45) is -0.514. The van der Waals surface area contributed by atoms with Crippen molar-refractivity contribution in [1.29, 1.82) is 0 Å². The number of carbonyl (C=O) groups is 2. The van der Waals surface area contributed by atoms with Crippen LogP contribution >= 0.6 is 27.3 Å². The maximum absolute atomic E-state index is 11.6. The molecule has 1 heterocycles. The lowest BCUT2D eigenvalue weighted by Gasteiger charge is -2.21. The van der Waals surface area contributed by atoms with Gasteiger partial charge in [-0.1, -0.05) is 0 Å². The highest BCUT2D eigenvalue weighted by Gasteiger charge is 2.25. The maximum atomic E-state index is 11.6. The molecule has 1 aromatic rings. The predicted octanol–water partition coefficient (Wildman–Crippen LogP) is 3.03. The lowest BCUT2D eigenvalue weighted by Crippen LogP contribution is -2.44. The third kappa shape index (κ3) is 5.61. The molecule has 0 radical (unpaired) electrons. The molecule has 5 nitrogen and oxygen atoms in total. The first-order valence-corrected chi connectivity index (χ1v) is 7.30. The van der Waals surface area contributed by atoms with Gasteiger partial charge in [0.15, 0.2) is 0 Å². The van der Waals surface area contributed by atoms with Crippen molar-refractivity contribution in [3.63, 3.8) is 0 Å². The largest absolute Gasteiger partial charge is 0.480 e. The van der Waals surface area contributed by atoms with Crippen molar-refractivity contribution in [2.45, 2.75) is 38.8 Å². The Morgan fingerprint density at radius 1 is 1.53 bits per heavy atom. The number of ether oxygens (including phenoxy) is 1. The number of carboxylic acid groups (broad SMARTS) is 1. The van der Waals surface area contributed by atoms with Crippen molar-refractivity contribution in [3.05, 3.63) is 20.8 Å². The third-order valence-corrected chi connectivity index (χ3v) is 4.02. The van der Waals surface area contributed by atoms with E-state index in [0.29, 0.717) is 0 Å². The van der Waals surface area contributed by atoms with Gasteiger partial charge in [-0.25, -0.2) is 9.59 Å². The fourth-order valence-electron chi connectivity index (χ4n) is 1.31. The molecule has 1 atom stereocenters. The fourth-order valence-corrected chi connectivity index (χ4v) is 2.87. The Bertz CT molecular complexity index is 467. The van der Waals surface area contributed by atoms with Gasteiger partial charge >= 0.3 is 12.1 Å². The number of nitrogens with one attached hydrogen (secondary N) is 1. The second-order valence-electron chi connectivity index (χ2n) is 4.93. The zero-order valence-corrected chi connectivity index (χ0v) is 13.3. The molecule has 0 saturated carbocycles. The van der Waals surface area contributed by atoms with Crippen molar-refractivity contribution in [2.24, 2.45) is 0 Å². The van der Waals surface area contributed by atoms with E-state index in [1.807, 2.05) is 11.4 Å². The Kier molecular flexibility index (Phi) is 5.37. The molecule has 1 aromatic heterocycles. The van der Waals surface area contributed by atoms with E-state index < -0.39 is 23.7 Å². The number of aliphatic carboxylic acids is 1. The van der Waals surface area contributed by atoms with Gasteiger partial charge in [-0.15, -0.1) is 11.3 Å². The molecule has 0 bridgehead atoms. The maximum Gasteiger partial charge on any atom is 0.408 e. The number of carbonyl (C=O) groups excluding carboxylic acids is 1. The van der Waals surface area contributed by atoms with Gasteiger partial charge in [-0.2, -0.15) is 0 Å². The van der Waals surface area contributed by atoms with Crippen molar-refractivity contribution < 1.29 is 19.4 Å². The topological polar surface area (TPSA) is 75.6 Å². The van der Waals surface area contributed by atoms with Crippen LogP contribution in [0.4, 0.5) is 4.79 Å². The molecule has 0 aliphatic carbocycles. The standard InChI is InChI=1S/C12H16BrNO4S/c1-12(2,3)18-11(17)14-8(10(15)16)6-9-7(13)4-5-19-9/h4-5,8H,6H2,1-3H3,(H,14,17)(H,15,16). The molecule has 7 heteroatoms. The first kappa shape index (κ1) is 16.0. The number of rotatable bonds is 4. The highest BCUT2D eigenvalue weighted by Crippen LogP contribution is 2.24. The first-order chi connectivity index (χ1) is 8.69. The van der Waals surface area contributed by atoms with Crippen LogP contribution in [0.15, 0.2) is 15.9 Å². The van der Waals surface area contributed by atoms with Crippen molar-refractivity contribution >= 4 is 39.3 Å². The summed E-state index contributed by atoms with van der Waals surface area (Å²) in [6.45, 7) is 5.16. The highest BCUT2D eigenvalue weighted by atomic mass is 79.9. The normalized spacial score (nSPS) is 12.8. The molecule has 0 aromatic carbocycles. The summed E-state index contributed by atoms with van der Waals surface area (Å²) < 4.78 is 5.89. The van der Waals surface area contributed by atoms with E-state index >= 15 is 0 Å². The summed E-state index contributed by atoms with van der Waals surface area (Å²) in [5, 5.41) is 13.3. The van der Waals surface area contributed by atoms with Crippen LogP contribution in [0.5, 0.6) is 0 Å². The molecular weight excluding hydrogens is 334 g/mol. The van der Waals surface area contributed by atoms with Crippen LogP contribution in [0.2, 0.25) is 0 Å². The van der Waals surface area contributed by atoms with E-state index in [-0.39, 0.29) is 6.42 Å². The summed E-state index contributed by atoms with van der Waals surface area (Å²) in [4.78, 5) is 23.6. The van der Waals surface area contributed by atoms with Gasteiger partial charge in [0.2, 0.25) is 0 Å². The summed E-state index contributed by atoms with van der Waals surface area (Å²) in [5.74, 6) is -1.09. The van der Waals surface area contributed by atoms with Crippen LogP contribution in [0.25, 0.3) is 0 Å². The Labute approximate surface area is 124 Å². The number of amides is 1. The number of halogens is 1. The van der Waals surface area contributed by atoms with Crippen LogP contribution in [-0.2, 0) is 16.0 Å². The van der Waals surface area contributed by atoms with Crippen LogP contribution in [0, 0.1) is 0 Å². The SMILES string of the molecule is CC(C)(C)OC(=O)NC(Cc1sccc1Br)C(=O)O. The zero-order valence-electron chi connectivity index (χ0n) is 10.9. The van der Waals surface area contributed by atoms with Crippen LogP contribution in [0.3, 0.4) is 0 Å². The molecule has 1 amide bonds. The Morgan fingerprint density at radius 2 is 2.16 bits per heavy atom. The van der Waals surface area contributed by atoms with E-state index in [2.05, 4.69) is 21.2 Å². The zero-order chi connectivity index (χ0) is 14.6. The number of hydrogen-bond donors (Lipinski definition) is 2. The third-order valence-electron chi connectivity index (χ3n) is 2.07. The highest BCUT2D eigenvalue weighted by molar-refractivity contribution is 9.10. The number of hydrogen-bond acceptors (Lipinski definition) is 4. The van der Waals surface area contributed by atoms with Gasteiger partial charge in [-0.3, -0.25) is 0 Å². The minimum Gasteiger partial charge on any atom is -0.480 e. The number of alkyl carbamates (subject to hydrolysis) is 1. The fraction of sp³-hybridized carbons (Fsp3) is 0.500. The Morgan fingerprint density at radius 3 is 2.58 bits per heavy atom. The average molecular weight is 350 g/mol. The molecule has 0 aliphatic heterocycles. The molecule has 0 fully saturated rings. The second-order valence-corrected chi connectivity index (χ2v) is 6.79. The van der Waals surface area contributed by atoms with Crippen LogP contribution < -0.4 is 5.32 Å². The van der Waals surface area contributed by atoms with E-state index in [0.717, 1.165) is 9.35 Å². The molecule has 106 valence electrons. The smallest absolute Gasteiger partial charge is 0.408 e. The molecule has 1 rings (SSSR count). The molecule has 0 spiro atoms. The Balaban J connectivity index is 2.67. The predicted molar refractivity (Wildman–Crippen MR) is 76.5 cm³/mol. The number of thiophene rings is 1. The van der Waals surface area contributed by atoms with Gasteiger partial charge in [0.1, 0.15) is 11.6 Å². The van der Waals surface area contributed by atoms with Crippen molar-refractivity contribution in [3.8, 4) is 0 Å². The van der Waals surface area contributed by atoms with Crippen molar-refractivity contribution in [1.82, 2.24) is 5.32 Å². The second kappa shape index (κ2) is 6.38. The molecule has 19 heavy (non-hydrogen) atoms. The van der Waals surface area contributed by atoms with Gasteiger partial charge in [0.25, 0.3) is 0 Å². The quantitative estimate of drug-likeness (QED) is 0.875. The van der Waals surface area contributed by atoms with Gasteiger partial charge in [0, 0.05) is 15.8 Å². The summed E-state index contributed by atoms with van der Waals surface area (Å²) in [6, 6.07) is 0.830. The lowest BCUT2D eigenvalue weighted by atomic mass is 10.2. The van der Waals surface area contributed by atoms with Gasteiger partial charge in [-0.05, 0) is 48.1 Å². The average Bonchev–Trinajstić information content (AvgIpc) is 2.60. The van der Waals surface area contributed by atoms with E-state index in [1.165, 1.54) is 11.3 Å². The minimum atomic E-state index is -1.09. The van der Waals surface area contributed by atoms with E-state index in [1.54, 1.807) is 20.8 Å². The van der Waals surface area contributed by atoms with Gasteiger partial charge in [0.05, 0.1) is 0 Å². The van der Waals surface area contributed by atoms with Crippen molar-refractivity contribution in [2.75, 3.05) is 0 Å². The molecule has 0 aliphatic rings. The molecule has 2 N–H and O–H groups in total. The van der Waals surface area contributed by atoms with Gasteiger partial charge < -0.3 is 15.2 Å².